The van der Waals surface area contributed by atoms with Crippen LogP contribution in [0, 0.1) is 11.8 Å². The molecule has 100 valence electrons. The van der Waals surface area contributed by atoms with E-state index in [4.69, 9.17) is 16.7 Å². The van der Waals surface area contributed by atoms with Gasteiger partial charge in [0.2, 0.25) is 5.91 Å². The average Bonchev–Trinajstić information content (AvgIpc) is 2.41. The summed E-state index contributed by atoms with van der Waals surface area (Å²) in [7, 11) is 0. The number of carboxylic acid groups (broad SMARTS) is 1. The molecule has 2 atom stereocenters. The molecule has 0 heterocycles. The number of carbonyl (C=O) groups is 2. The molecular formula is C14H14ClNO3. The summed E-state index contributed by atoms with van der Waals surface area (Å²) in [5.41, 5.74) is 0.507. The van der Waals surface area contributed by atoms with Crippen LogP contribution in [0.1, 0.15) is 12.8 Å². The highest BCUT2D eigenvalue weighted by molar-refractivity contribution is 6.33. The Labute approximate surface area is 116 Å². The predicted octanol–water partition coefficient (Wildman–Crippen LogP) is 2.95. The first-order chi connectivity index (χ1) is 9.09. The third-order valence-electron chi connectivity index (χ3n) is 3.22. The lowest BCUT2D eigenvalue weighted by Gasteiger charge is -2.24. The van der Waals surface area contributed by atoms with Crippen LogP contribution in [0.3, 0.4) is 0 Å². The molecule has 0 aliphatic heterocycles. The zero-order valence-electron chi connectivity index (χ0n) is 10.2. The first-order valence-corrected chi connectivity index (χ1v) is 6.40. The lowest BCUT2D eigenvalue weighted by atomic mass is 9.82. The van der Waals surface area contributed by atoms with Crippen molar-refractivity contribution in [3.63, 3.8) is 0 Å². The molecule has 2 rings (SSSR count). The van der Waals surface area contributed by atoms with Gasteiger partial charge in [-0.25, -0.2) is 0 Å². The quantitative estimate of drug-likeness (QED) is 0.836. The Morgan fingerprint density at radius 2 is 1.79 bits per heavy atom. The number of amides is 1. The van der Waals surface area contributed by atoms with Crippen LogP contribution >= 0.6 is 11.6 Å². The molecule has 0 unspecified atom stereocenters. The van der Waals surface area contributed by atoms with Crippen molar-refractivity contribution in [3.8, 4) is 0 Å². The van der Waals surface area contributed by atoms with E-state index in [9.17, 15) is 9.59 Å². The number of para-hydroxylation sites is 1. The van der Waals surface area contributed by atoms with E-state index >= 15 is 0 Å². The highest BCUT2D eigenvalue weighted by atomic mass is 35.5. The van der Waals surface area contributed by atoms with Gasteiger partial charge in [-0.1, -0.05) is 35.9 Å². The zero-order chi connectivity index (χ0) is 13.8. The summed E-state index contributed by atoms with van der Waals surface area (Å²) >= 11 is 5.96. The van der Waals surface area contributed by atoms with Gasteiger partial charge >= 0.3 is 5.97 Å². The summed E-state index contributed by atoms with van der Waals surface area (Å²) in [4.78, 5) is 23.3. The SMILES string of the molecule is O=C(O)[C@H]1CC=CC[C@H]1C(=O)Nc1ccccc1Cl. The fraction of sp³-hybridized carbons (Fsp3) is 0.286. The maximum absolute atomic E-state index is 12.2. The van der Waals surface area contributed by atoms with Gasteiger partial charge in [0.15, 0.2) is 0 Å². The summed E-state index contributed by atoms with van der Waals surface area (Å²) in [6.45, 7) is 0. The molecular weight excluding hydrogens is 266 g/mol. The molecule has 1 aliphatic carbocycles. The van der Waals surface area contributed by atoms with E-state index in [1.807, 2.05) is 6.08 Å². The molecule has 1 aromatic carbocycles. The standard InChI is InChI=1S/C14H14ClNO3/c15-11-7-3-4-8-12(11)16-13(17)9-5-1-2-6-10(9)14(18)19/h1-4,7-10H,5-6H2,(H,16,17)(H,18,19)/t9-,10+/m1/s1. The number of carbonyl (C=O) groups excluding carboxylic acids is 1. The lowest BCUT2D eigenvalue weighted by molar-refractivity contribution is -0.146. The number of hydrogen-bond donors (Lipinski definition) is 2. The molecule has 1 aliphatic rings. The number of allylic oxidation sites excluding steroid dienone is 2. The van der Waals surface area contributed by atoms with Gasteiger partial charge < -0.3 is 10.4 Å². The van der Waals surface area contributed by atoms with Crippen LogP contribution in [0.5, 0.6) is 0 Å². The third kappa shape index (κ3) is 3.15. The second kappa shape index (κ2) is 5.89. The van der Waals surface area contributed by atoms with E-state index in [-0.39, 0.29) is 5.91 Å². The number of aliphatic carboxylic acids is 1. The van der Waals surface area contributed by atoms with Crippen LogP contribution in [0.25, 0.3) is 0 Å². The van der Waals surface area contributed by atoms with Crippen molar-refractivity contribution >= 4 is 29.2 Å². The van der Waals surface area contributed by atoms with Crippen LogP contribution < -0.4 is 5.32 Å². The molecule has 0 fully saturated rings. The molecule has 0 radical (unpaired) electrons. The second-order valence-electron chi connectivity index (χ2n) is 4.46. The summed E-state index contributed by atoms with van der Waals surface area (Å²) in [6.07, 6.45) is 4.47. The van der Waals surface area contributed by atoms with E-state index in [1.54, 1.807) is 30.3 Å². The van der Waals surface area contributed by atoms with E-state index in [0.717, 1.165) is 0 Å². The molecule has 5 heteroatoms. The van der Waals surface area contributed by atoms with Crippen molar-refractivity contribution in [3.05, 3.63) is 41.4 Å². The van der Waals surface area contributed by atoms with Crippen LogP contribution in [-0.4, -0.2) is 17.0 Å². The number of hydrogen-bond acceptors (Lipinski definition) is 2. The molecule has 4 nitrogen and oxygen atoms in total. The van der Waals surface area contributed by atoms with Crippen LogP contribution in [0.2, 0.25) is 5.02 Å². The van der Waals surface area contributed by atoms with Gasteiger partial charge in [0.25, 0.3) is 0 Å². The highest BCUT2D eigenvalue weighted by Gasteiger charge is 2.34. The molecule has 0 saturated heterocycles. The number of halogens is 1. The molecule has 1 aromatic rings. The Morgan fingerprint density at radius 3 is 2.42 bits per heavy atom. The summed E-state index contributed by atoms with van der Waals surface area (Å²) < 4.78 is 0. The van der Waals surface area contributed by atoms with Gasteiger partial charge in [-0.3, -0.25) is 9.59 Å². The highest BCUT2D eigenvalue weighted by Crippen LogP contribution is 2.28. The Hall–Kier alpha value is -1.81. The number of rotatable bonds is 3. The van der Waals surface area contributed by atoms with Gasteiger partial charge in [-0.2, -0.15) is 0 Å². The Bertz CT molecular complexity index is 527. The van der Waals surface area contributed by atoms with Crippen molar-refractivity contribution in [2.24, 2.45) is 11.8 Å². The number of anilines is 1. The normalized spacial score (nSPS) is 21.9. The first kappa shape index (κ1) is 13.6. The monoisotopic (exact) mass is 279 g/mol. The fourth-order valence-corrected chi connectivity index (χ4v) is 2.35. The molecule has 0 spiro atoms. The van der Waals surface area contributed by atoms with Crippen molar-refractivity contribution < 1.29 is 14.7 Å². The summed E-state index contributed by atoms with van der Waals surface area (Å²) in [5.74, 6) is -2.47. The maximum Gasteiger partial charge on any atom is 0.307 e. The molecule has 2 N–H and O–H groups in total. The second-order valence-corrected chi connectivity index (χ2v) is 4.87. The number of carboxylic acids is 1. The topological polar surface area (TPSA) is 66.4 Å². The third-order valence-corrected chi connectivity index (χ3v) is 3.55. The fourth-order valence-electron chi connectivity index (χ4n) is 2.16. The largest absolute Gasteiger partial charge is 0.481 e. The predicted molar refractivity (Wildman–Crippen MR) is 73.1 cm³/mol. The van der Waals surface area contributed by atoms with Gasteiger partial charge in [0, 0.05) is 0 Å². The smallest absolute Gasteiger partial charge is 0.307 e. The van der Waals surface area contributed by atoms with Crippen LogP contribution in [0.4, 0.5) is 5.69 Å². The Balaban J connectivity index is 2.13. The maximum atomic E-state index is 12.2. The van der Waals surface area contributed by atoms with Crippen molar-refractivity contribution in [2.75, 3.05) is 5.32 Å². The minimum Gasteiger partial charge on any atom is -0.481 e. The molecule has 19 heavy (non-hydrogen) atoms. The van der Waals surface area contributed by atoms with Crippen molar-refractivity contribution in [1.29, 1.82) is 0 Å². The van der Waals surface area contributed by atoms with Crippen molar-refractivity contribution in [1.82, 2.24) is 0 Å². The van der Waals surface area contributed by atoms with Crippen LogP contribution in [-0.2, 0) is 9.59 Å². The van der Waals surface area contributed by atoms with Gasteiger partial charge in [0.05, 0.1) is 22.5 Å². The Kier molecular flexibility index (Phi) is 4.22. The summed E-state index contributed by atoms with van der Waals surface area (Å²) in [6, 6.07) is 6.89. The minimum atomic E-state index is -0.941. The van der Waals surface area contributed by atoms with E-state index in [1.165, 1.54) is 0 Å². The summed E-state index contributed by atoms with van der Waals surface area (Å²) in [5, 5.41) is 12.3. The van der Waals surface area contributed by atoms with E-state index < -0.39 is 17.8 Å². The molecule has 0 saturated carbocycles. The number of nitrogens with one attached hydrogen (secondary N) is 1. The Morgan fingerprint density at radius 1 is 1.16 bits per heavy atom. The van der Waals surface area contributed by atoms with E-state index in [2.05, 4.69) is 5.32 Å². The van der Waals surface area contributed by atoms with Crippen molar-refractivity contribution in [2.45, 2.75) is 12.8 Å². The molecule has 0 bridgehead atoms. The van der Waals surface area contributed by atoms with E-state index in [0.29, 0.717) is 23.6 Å². The lowest BCUT2D eigenvalue weighted by Crippen LogP contribution is -2.34. The average molecular weight is 280 g/mol. The van der Waals surface area contributed by atoms with Crippen LogP contribution in [0.15, 0.2) is 36.4 Å². The first-order valence-electron chi connectivity index (χ1n) is 6.03. The zero-order valence-corrected chi connectivity index (χ0v) is 10.9. The minimum absolute atomic E-state index is 0.301. The molecule has 1 amide bonds. The van der Waals surface area contributed by atoms with Gasteiger partial charge in [-0.15, -0.1) is 0 Å². The molecule has 0 aromatic heterocycles. The van der Waals surface area contributed by atoms with Gasteiger partial charge in [-0.05, 0) is 25.0 Å². The van der Waals surface area contributed by atoms with Gasteiger partial charge in [0.1, 0.15) is 0 Å². The number of benzene rings is 1.